The van der Waals surface area contributed by atoms with Crippen molar-refractivity contribution < 1.29 is 4.79 Å². The standard InChI is InChI=1S/C16H26N4OS2/c1-12-6-5-9-20(10-12)14(21)11-22-16-19-18-15(23-16)17-13-7-3-2-4-8-13/h12-13H,2-11H2,1H3,(H,17,18). The molecule has 7 heteroatoms. The summed E-state index contributed by atoms with van der Waals surface area (Å²) in [5, 5.41) is 12.8. The Morgan fingerprint density at radius 1 is 1.26 bits per heavy atom. The van der Waals surface area contributed by atoms with Crippen LogP contribution in [0.5, 0.6) is 0 Å². The molecule has 2 heterocycles. The van der Waals surface area contributed by atoms with E-state index in [1.165, 1.54) is 50.3 Å². The Morgan fingerprint density at radius 2 is 2.09 bits per heavy atom. The lowest BCUT2D eigenvalue weighted by molar-refractivity contribution is -0.130. The number of hydrogen-bond donors (Lipinski definition) is 1. The first-order valence-electron chi connectivity index (χ1n) is 8.71. The van der Waals surface area contributed by atoms with E-state index in [4.69, 9.17) is 0 Å². The molecule has 1 aliphatic carbocycles. The minimum Gasteiger partial charge on any atom is -0.357 e. The second kappa shape index (κ2) is 8.33. The number of carbonyl (C=O) groups excluding carboxylic acids is 1. The summed E-state index contributed by atoms with van der Waals surface area (Å²) >= 11 is 3.09. The van der Waals surface area contributed by atoms with Crippen molar-refractivity contribution in [3.8, 4) is 0 Å². The van der Waals surface area contributed by atoms with Crippen molar-refractivity contribution in [1.82, 2.24) is 15.1 Å². The molecule has 1 N–H and O–H groups in total. The van der Waals surface area contributed by atoms with Crippen molar-refractivity contribution in [1.29, 1.82) is 0 Å². The average Bonchev–Trinajstić information content (AvgIpc) is 3.01. The predicted octanol–water partition coefficient (Wildman–Crippen LogP) is 3.63. The van der Waals surface area contributed by atoms with Gasteiger partial charge >= 0.3 is 0 Å². The fraction of sp³-hybridized carbons (Fsp3) is 0.812. The first kappa shape index (κ1) is 17.0. The van der Waals surface area contributed by atoms with E-state index in [0.717, 1.165) is 29.0 Å². The molecule has 1 saturated heterocycles. The quantitative estimate of drug-likeness (QED) is 0.818. The largest absolute Gasteiger partial charge is 0.357 e. The molecule has 2 fully saturated rings. The second-order valence-electron chi connectivity index (χ2n) is 6.73. The molecule has 1 aliphatic heterocycles. The van der Waals surface area contributed by atoms with Crippen molar-refractivity contribution in [2.45, 2.75) is 62.3 Å². The van der Waals surface area contributed by atoms with Crippen molar-refractivity contribution in [3.63, 3.8) is 0 Å². The third kappa shape index (κ3) is 5.08. The number of likely N-dealkylation sites (tertiary alicyclic amines) is 1. The zero-order valence-corrected chi connectivity index (χ0v) is 15.4. The maximum absolute atomic E-state index is 12.3. The van der Waals surface area contributed by atoms with E-state index in [-0.39, 0.29) is 5.91 Å². The molecular weight excluding hydrogens is 328 g/mol. The Bertz CT molecular complexity index is 516. The number of rotatable bonds is 5. The lowest BCUT2D eigenvalue weighted by atomic mass is 9.96. The van der Waals surface area contributed by atoms with Gasteiger partial charge in [-0.15, -0.1) is 10.2 Å². The monoisotopic (exact) mass is 354 g/mol. The summed E-state index contributed by atoms with van der Waals surface area (Å²) in [7, 11) is 0. The molecule has 1 amide bonds. The van der Waals surface area contributed by atoms with E-state index >= 15 is 0 Å². The highest BCUT2D eigenvalue weighted by Crippen LogP contribution is 2.28. The Morgan fingerprint density at radius 3 is 2.87 bits per heavy atom. The van der Waals surface area contributed by atoms with Crippen molar-refractivity contribution >= 4 is 34.1 Å². The average molecular weight is 355 g/mol. The molecule has 1 unspecified atom stereocenters. The summed E-state index contributed by atoms with van der Waals surface area (Å²) < 4.78 is 0.890. The highest BCUT2D eigenvalue weighted by molar-refractivity contribution is 8.01. The van der Waals surface area contributed by atoms with Crippen LogP contribution in [0.3, 0.4) is 0 Å². The molecule has 1 aromatic rings. The molecule has 23 heavy (non-hydrogen) atoms. The SMILES string of the molecule is CC1CCCN(C(=O)CSc2nnc(NC3CCCCC3)s2)C1. The van der Waals surface area contributed by atoms with Gasteiger partial charge in [-0.2, -0.15) is 0 Å². The van der Waals surface area contributed by atoms with Crippen LogP contribution in [0.1, 0.15) is 51.9 Å². The second-order valence-corrected chi connectivity index (χ2v) is 8.93. The van der Waals surface area contributed by atoms with E-state index in [0.29, 0.717) is 17.7 Å². The molecule has 5 nitrogen and oxygen atoms in total. The van der Waals surface area contributed by atoms with Crippen molar-refractivity contribution in [2.75, 3.05) is 24.2 Å². The van der Waals surface area contributed by atoms with Gasteiger partial charge in [0.25, 0.3) is 0 Å². The normalized spacial score (nSPS) is 23.0. The number of carbonyl (C=O) groups is 1. The number of nitrogens with one attached hydrogen (secondary N) is 1. The van der Waals surface area contributed by atoms with Gasteiger partial charge in [0.05, 0.1) is 5.75 Å². The summed E-state index contributed by atoms with van der Waals surface area (Å²) in [6.07, 6.45) is 8.80. The molecule has 0 spiro atoms. The smallest absolute Gasteiger partial charge is 0.233 e. The summed E-state index contributed by atoms with van der Waals surface area (Å²) in [5.74, 6) is 1.34. The van der Waals surface area contributed by atoms with Crippen LogP contribution in [0.15, 0.2) is 4.34 Å². The number of amides is 1. The summed E-state index contributed by atoms with van der Waals surface area (Å²) in [6, 6.07) is 0.547. The minimum atomic E-state index is 0.235. The number of aromatic nitrogens is 2. The first-order valence-corrected chi connectivity index (χ1v) is 10.5. The van der Waals surface area contributed by atoms with Gasteiger partial charge in [-0.1, -0.05) is 49.3 Å². The highest BCUT2D eigenvalue weighted by atomic mass is 32.2. The van der Waals surface area contributed by atoms with Crippen LogP contribution in [-0.4, -0.2) is 45.9 Å². The van der Waals surface area contributed by atoms with Crippen LogP contribution in [0.2, 0.25) is 0 Å². The zero-order valence-electron chi connectivity index (χ0n) is 13.8. The summed E-state index contributed by atoms with van der Waals surface area (Å²) in [6.45, 7) is 4.04. The van der Waals surface area contributed by atoms with Crippen LogP contribution < -0.4 is 5.32 Å². The Balaban J connectivity index is 1.44. The summed E-state index contributed by atoms with van der Waals surface area (Å²) in [5.41, 5.74) is 0. The third-order valence-electron chi connectivity index (χ3n) is 4.67. The summed E-state index contributed by atoms with van der Waals surface area (Å²) in [4.78, 5) is 14.3. The van der Waals surface area contributed by atoms with E-state index in [1.54, 1.807) is 11.3 Å². The van der Waals surface area contributed by atoms with E-state index in [1.807, 2.05) is 4.90 Å². The van der Waals surface area contributed by atoms with Crippen LogP contribution in [-0.2, 0) is 4.79 Å². The van der Waals surface area contributed by atoms with E-state index in [2.05, 4.69) is 22.4 Å². The maximum atomic E-state index is 12.3. The van der Waals surface area contributed by atoms with Gasteiger partial charge in [0.1, 0.15) is 0 Å². The number of hydrogen-bond acceptors (Lipinski definition) is 6. The lowest BCUT2D eigenvalue weighted by Crippen LogP contribution is -2.40. The molecule has 1 atom stereocenters. The molecule has 0 aromatic carbocycles. The van der Waals surface area contributed by atoms with Crippen LogP contribution >= 0.6 is 23.1 Å². The molecule has 0 radical (unpaired) electrons. The predicted molar refractivity (Wildman–Crippen MR) is 96.1 cm³/mol. The van der Waals surface area contributed by atoms with Crippen LogP contribution in [0, 0.1) is 5.92 Å². The highest BCUT2D eigenvalue weighted by Gasteiger charge is 2.21. The molecular formula is C16H26N4OS2. The molecule has 1 aromatic heterocycles. The lowest BCUT2D eigenvalue weighted by Gasteiger charge is -2.30. The molecule has 3 rings (SSSR count). The van der Waals surface area contributed by atoms with Gasteiger partial charge in [0, 0.05) is 19.1 Å². The molecule has 128 valence electrons. The first-order chi connectivity index (χ1) is 11.2. The fourth-order valence-corrected chi connectivity index (χ4v) is 5.11. The van der Waals surface area contributed by atoms with E-state index < -0.39 is 0 Å². The topological polar surface area (TPSA) is 58.1 Å². The van der Waals surface area contributed by atoms with Gasteiger partial charge in [0.15, 0.2) is 4.34 Å². The Labute approximate surface area is 146 Å². The molecule has 1 saturated carbocycles. The molecule has 2 aliphatic rings. The van der Waals surface area contributed by atoms with Gasteiger partial charge in [0.2, 0.25) is 11.0 Å². The number of nitrogens with zero attached hydrogens (tertiary/aromatic N) is 3. The molecule has 0 bridgehead atoms. The Hall–Kier alpha value is -0.820. The van der Waals surface area contributed by atoms with Crippen LogP contribution in [0.4, 0.5) is 5.13 Å². The minimum absolute atomic E-state index is 0.235. The van der Waals surface area contributed by atoms with Gasteiger partial charge in [-0.25, -0.2) is 0 Å². The number of anilines is 1. The third-order valence-corrected chi connectivity index (χ3v) is 6.64. The van der Waals surface area contributed by atoms with Crippen LogP contribution in [0.25, 0.3) is 0 Å². The number of piperidine rings is 1. The van der Waals surface area contributed by atoms with Gasteiger partial charge < -0.3 is 10.2 Å². The Kier molecular flexibility index (Phi) is 6.16. The zero-order chi connectivity index (χ0) is 16.1. The van der Waals surface area contributed by atoms with Gasteiger partial charge in [-0.05, 0) is 31.6 Å². The maximum Gasteiger partial charge on any atom is 0.233 e. The van der Waals surface area contributed by atoms with Crippen molar-refractivity contribution in [2.24, 2.45) is 5.92 Å². The fourth-order valence-electron chi connectivity index (χ4n) is 3.38. The van der Waals surface area contributed by atoms with Gasteiger partial charge in [-0.3, -0.25) is 4.79 Å². The number of thioether (sulfide) groups is 1. The van der Waals surface area contributed by atoms with E-state index in [9.17, 15) is 4.79 Å². The van der Waals surface area contributed by atoms with Crippen molar-refractivity contribution in [3.05, 3.63) is 0 Å².